The zero-order chi connectivity index (χ0) is 9.73. The SMILES string of the molecule is CCC(CCl)(CCl)Cc1cccs1. The van der Waals surface area contributed by atoms with Gasteiger partial charge in [-0.25, -0.2) is 0 Å². The molecule has 1 aromatic heterocycles. The van der Waals surface area contributed by atoms with Crippen molar-refractivity contribution in [3.63, 3.8) is 0 Å². The van der Waals surface area contributed by atoms with E-state index in [1.807, 2.05) is 0 Å². The van der Waals surface area contributed by atoms with Crippen molar-refractivity contribution in [3.8, 4) is 0 Å². The van der Waals surface area contributed by atoms with Gasteiger partial charge in [-0.15, -0.1) is 34.5 Å². The zero-order valence-electron chi connectivity index (χ0n) is 7.72. The Morgan fingerprint density at radius 3 is 2.46 bits per heavy atom. The third-order valence-corrected chi connectivity index (χ3v) is 4.46. The molecule has 0 amide bonds. The van der Waals surface area contributed by atoms with Crippen molar-refractivity contribution < 1.29 is 0 Å². The first-order valence-corrected chi connectivity index (χ1v) is 6.35. The average molecular weight is 237 g/mol. The van der Waals surface area contributed by atoms with Crippen LogP contribution in [0.4, 0.5) is 0 Å². The smallest absolute Gasteiger partial charge is 0.0294 e. The van der Waals surface area contributed by atoms with Gasteiger partial charge in [-0.3, -0.25) is 0 Å². The van der Waals surface area contributed by atoms with Gasteiger partial charge in [0.1, 0.15) is 0 Å². The van der Waals surface area contributed by atoms with E-state index in [-0.39, 0.29) is 5.41 Å². The van der Waals surface area contributed by atoms with E-state index in [0.717, 1.165) is 12.8 Å². The minimum Gasteiger partial charge on any atom is -0.149 e. The summed E-state index contributed by atoms with van der Waals surface area (Å²) in [5, 5.41) is 2.10. The minimum absolute atomic E-state index is 0.0912. The van der Waals surface area contributed by atoms with Crippen molar-refractivity contribution in [2.24, 2.45) is 5.41 Å². The van der Waals surface area contributed by atoms with Crippen molar-refractivity contribution in [2.75, 3.05) is 11.8 Å². The molecule has 74 valence electrons. The summed E-state index contributed by atoms with van der Waals surface area (Å²) in [6, 6.07) is 4.22. The van der Waals surface area contributed by atoms with Gasteiger partial charge in [0.15, 0.2) is 0 Å². The van der Waals surface area contributed by atoms with E-state index in [1.165, 1.54) is 4.88 Å². The molecule has 0 saturated carbocycles. The van der Waals surface area contributed by atoms with Crippen LogP contribution in [0.3, 0.4) is 0 Å². The summed E-state index contributed by atoms with van der Waals surface area (Å²) in [7, 11) is 0. The van der Waals surface area contributed by atoms with E-state index in [1.54, 1.807) is 11.3 Å². The third kappa shape index (κ3) is 2.87. The fraction of sp³-hybridized carbons (Fsp3) is 0.600. The summed E-state index contributed by atoms with van der Waals surface area (Å²) in [5.41, 5.74) is 0.0912. The van der Waals surface area contributed by atoms with E-state index >= 15 is 0 Å². The summed E-state index contributed by atoms with van der Waals surface area (Å²) in [5.74, 6) is 1.29. The number of hydrogen-bond donors (Lipinski definition) is 0. The molecule has 0 aliphatic rings. The number of rotatable bonds is 5. The van der Waals surface area contributed by atoms with Gasteiger partial charge in [-0.2, -0.15) is 0 Å². The van der Waals surface area contributed by atoms with Crippen LogP contribution < -0.4 is 0 Å². The predicted octanol–water partition coefficient (Wildman–Crippen LogP) is 4.16. The van der Waals surface area contributed by atoms with Gasteiger partial charge in [-0.05, 0) is 24.3 Å². The highest BCUT2D eigenvalue weighted by molar-refractivity contribution is 7.09. The molecule has 0 saturated heterocycles. The molecule has 0 bridgehead atoms. The highest BCUT2D eigenvalue weighted by atomic mass is 35.5. The van der Waals surface area contributed by atoms with Crippen LogP contribution in [-0.2, 0) is 6.42 Å². The predicted molar refractivity (Wildman–Crippen MR) is 62.2 cm³/mol. The van der Waals surface area contributed by atoms with Crippen molar-refractivity contribution in [2.45, 2.75) is 19.8 Å². The molecule has 0 aliphatic carbocycles. The quantitative estimate of drug-likeness (QED) is 0.674. The summed E-state index contributed by atoms with van der Waals surface area (Å²) in [6.07, 6.45) is 2.05. The van der Waals surface area contributed by atoms with Crippen LogP contribution in [0.2, 0.25) is 0 Å². The van der Waals surface area contributed by atoms with Crippen LogP contribution in [0.1, 0.15) is 18.2 Å². The van der Waals surface area contributed by atoms with Gasteiger partial charge in [0.25, 0.3) is 0 Å². The monoisotopic (exact) mass is 236 g/mol. The lowest BCUT2D eigenvalue weighted by molar-refractivity contribution is 0.365. The number of halogens is 2. The Morgan fingerprint density at radius 2 is 2.08 bits per heavy atom. The highest BCUT2D eigenvalue weighted by Crippen LogP contribution is 2.31. The van der Waals surface area contributed by atoms with Crippen molar-refractivity contribution in [1.29, 1.82) is 0 Å². The maximum Gasteiger partial charge on any atom is 0.0294 e. The van der Waals surface area contributed by atoms with E-state index in [4.69, 9.17) is 23.2 Å². The molecule has 0 atom stereocenters. The number of thiophene rings is 1. The van der Waals surface area contributed by atoms with Crippen LogP contribution in [-0.4, -0.2) is 11.8 Å². The highest BCUT2D eigenvalue weighted by Gasteiger charge is 2.26. The van der Waals surface area contributed by atoms with Crippen LogP contribution in [0.15, 0.2) is 17.5 Å². The summed E-state index contributed by atoms with van der Waals surface area (Å²) in [6.45, 7) is 2.15. The number of alkyl halides is 2. The fourth-order valence-electron chi connectivity index (χ4n) is 1.23. The minimum atomic E-state index is 0.0912. The molecule has 0 radical (unpaired) electrons. The molecule has 0 spiro atoms. The van der Waals surface area contributed by atoms with Gasteiger partial charge in [0.2, 0.25) is 0 Å². The molecule has 3 heteroatoms. The van der Waals surface area contributed by atoms with Crippen LogP contribution in [0.25, 0.3) is 0 Å². The van der Waals surface area contributed by atoms with Crippen molar-refractivity contribution in [3.05, 3.63) is 22.4 Å². The molecule has 0 nitrogen and oxygen atoms in total. The normalized spacial score (nSPS) is 11.9. The maximum absolute atomic E-state index is 5.96. The lowest BCUT2D eigenvalue weighted by Crippen LogP contribution is -2.26. The first kappa shape index (κ1) is 11.4. The van der Waals surface area contributed by atoms with E-state index in [2.05, 4.69) is 24.4 Å². The summed E-state index contributed by atoms with van der Waals surface area (Å²) in [4.78, 5) is 1.38. The molecular weight excluding hydrogens is 223 g/mol. The number of hydrogen-bond acceptors (Lipinski definition) is 1. The summed E-state index contributed by atoms with van der Waals surface area (Å²) >= 11 is 13.7. The van der Waals surface area contributed by atoms with Crippen LogP contribution in [0.5, 0.6) is 0 Å². The fourth-order valence-corrected chi connectivity index (χ4v) is 2.96. The zero-order valence-corrected chi connectivity index (χ0v) is 10.1. The standard InChI is InChI=1S/C10H14Cl2S/c1-2-10(7-11,8-12)6-9-4-3-5-13-9/h3-5H,2,6-8H2,1H3. The Kier molecular flexibility index (Phi) is 4.57. The van der Waals surface area contributed by atoms with Gasteiger partial charge in [-0.1, -0.05) is 13.0 Å². The summed E-state index contributed by atoms with van der Waals surface area (Å²) < 4.78 is 0. The Labute approximate surface area is 93.9 Å². The molecule has 0 unspecified atom stereocenters. The van der Waals surface area contributed by atoms with Crippen LogP contribution in [0, 0.1) is 5.41 Å². The lowest BCUT2D eigenvalue weighted by atomic mass is 9.85. The topological polar surface area (TPSA) is 0 Å². The molecular formula is C10H14Cl2S. The molecule has 0 aromatic carbocycles. The van der Waals surface area contributed by atoms with Crippen LogP contribution >= 0.6 is 34.5 Å². The van der Waals surface area contributed by atoms with Gasteiger partial charge in [0, 0.05) is 22.1 Å². The molecule has 1 rings (SSSR count). The van der Waals surface area contributed by atoms with Crippen molar-refractivity contribution in [1.82, 2.24) is 0 Å². The molecule has 0 fully saturated rings. The Balaban J connectivity index is 2.67. The second kappa shape index (κ2) is 5.23. The maximum atomic E-state index is 5.96. The largest absolute Gasteiger partial charge is 0.149 e. The molecule has 1 heterocycles. The lowest BCUT2D eigenvalue weighted by Gasteiger charge is -2.27. The van der Waals surface area contributed by atoms with Crippen molar-refractivity contribution >= 4 is 34.5 Å². The Hall–Kier alpha value is 0.280. The molecule has 1 aromatic rings. The van der Waals surface area contributed by atoms with Gasteiger partial charge < -0.3 is 0 Å². The van der Waals surface area contributed by atoms with Gasteiger partial charge >= 0.3 is 0 Å². The first-order chi connectivity index (χ1) is 6.26. The third-order valence-electron chi connectivity index (χ3n) is 2.45. The first-order valence-electron chi connectivity index (χ1n) is 4.40. The van der Waals surface area contributed by atoms with E-state index in [0.29, 0.717) is 11.8 Å². The Bertz CT molecular complexity index is 219. The van der Waals surface area contributed by atoms with E-state index in [9.17, 15) is 0 Å². The average Bonchev–Trinajstić information content (AvgIpc) is 2.67. The van der Waals surface area contributed by atoms with Gasteiger partial charge in [0.05, 0.1) is 0 Å². The molecule has 0 aliphatic heterocycles. The Morgan fingerprint density at radius 1 is 1.38 bits per heavy atom. The molecule has 13 heavy (non-hydrogen) atoms. The second-order valence-corrected chi connectivity index (χ2v) is 4.94. The second-order valence-electron chi connectivity index (χ2n) is 3.38. The molecule has 0 N–H and O–H groups in total. The van der Waals surface area contributed by atoms with E-state index < -0.39 is 0 Å².